The third kappa shape index (κ3) is 8.50. The van der Waals surface area contributed by atoms with E-state index in [-0.39, 0.29) is 11.9 Å². The van der Waals surface area contributed by atoms with Gasteiger partial charge in [-0.2, -0.15) is 0 Å². The van der Waals surface area contributed by atoms with E-state index in [0.29, 0.717) is 42.9 Å². The van der Waals surface area contributed by atoms with E-state index in [1.807, 2.05) is 6.92 Å². The van der Waals surface area contributed by atoms with E-state index < -0.39 is 0 Å². The van der Waals surface area contributed by atoms with E-state index >= 15 is 0 Å². The predicted octanol–water partition coefficient (Wildman–Crippen LogP) is 7.67. The first kappa shape index (κ1) is 34.6. The summed E-state index contributed by atoms with van der Waals surface area (Å²) in [5.41, 5.74) is 1.13. The largest absolute Gasteiger partial charge is 0.356 e. The van der Waals surface area contributed by atoms with Crippen molar-refractivity contribution >= 4 is 11.9 Å². The molecule has 6 nitrogen and oxygen atoms in total. The minimum absolute atomic E-state index is 0.00455. The molecule has 5 unspecified atom stereocenters. The van der Waals surface area contributed by atoms with E-state index in [2.05, 4.69) is 55.9 Å². The van der Waals surface area contributed by atoms with Crippen LogP contribution in [-0.2, 0) is 4.79 Å². The zero-order valence-corrected chi connectivity index (χ0v) is 28.9. The summed E-state index contributed by atoms with van der Waals surface area (Å²) >= 11 is 0. The van der Waals surface area contributed by atoms with Gasteiger partial charge >= 0.3 is 6.03 Å². The van der Waals surface area contributed by atoms with Gasteiger partial charge in [-0.15, -0.1) is 0 Å². The lowest BCUT2D eigenvalue weighted by Gasteiger charge is -2.61. The number of fused-ring (bicyclic) bond motifs is 5. The van der Waals surface area contributed by atoms with Crippen molar-refractivity contribution in [3.05, 3.63) is 0 Å². The van der Waals surface area contributed by atoms with Gasteiger partial charge in [-0.05, 0) is 129 Å². The first-order valence-electron chi connectivity index (χ1n) is 18.6. The third-order valence-corrected chi connectivity index (χ3v) is 13.1. The Kier molecular flexibility index (Phi) is 12.7. The molecule has 0 radical (unpaired) electrons. The standard InChI is InChI=1S/C37H68N4O2/c1-7-21-39-34(42)18-24-41-35(43)40-23-9-22-38-29-16-19-36(5)28(25-29)12-13-30-32-15-14-31(27(4)11-8-10-26(2)3)37(32,6)20-17-33(30)36/h26-33,38H,7-25H2,1-6H3,(H,39,42)(H2,40,41,43)/t27-,28+,29+,30-,31?,32?,33?,36?,37?/m1/s1. The topological polar surface area (TPSA) is 82.3 Å². The summed E-state index contributed by atoms with van der Waals surface area (Å²) in [6, 6.07) is 0.452. The highest BCUT2D eigenvalue weighted by Gasteiger charge is 2.60. The zero-order chi connectivity index (χ0) is 31.0. The van der Waals surface area contributed by atoms with E-state index in [1.165, 1.54) is 77.0 Å². The fourth-order valence-electron chi connectivity index (χ4n) is 10.8. The second-order valence-corrected chi connectivity index (χ2v) is 16.2. The van der Waals surface area contributed by atoms with Crippen LogP contribution in [0.15, 0.2) is 0 Å². The van der Waals surface area contributed by atoms with E-state index in [9.17, 15) is 9.59 Å². The number of hydrogen-bond donors (Lipinski definition) is 4. The molecule has 4 saturated carbocycles. The van der Waals surface area contributed by atoms with Crippen LogP contribution in [0.4, 0.5) is 4.79 Å². The van der Waals surface area contributed by atoms with Crippen molar-refractivity contribution in [1.82, 2.24) is 21.3 Å². The quantitative estimate of drug-likeness (QED) is 0.146. The van der Waals surface area contributed by atoms with Crippen LogP contribution in [0.2, 0.25) is 0 Å². The third-order valence-electron chi connectivity index (χ3n) is 13.1. The molecule has 9 atom stereocenters. The predicted molar refractivity (Wildman–Crippen MR) is 179 cm³/mol. The highest BCUT2D eigenvalue weighted by Crippen LogP contribution is 2.68. The molecule has 4 rings (SSSR count). The first-order chi connectivity index (χ1) is 20.6. The van der Waals surface area contributed by atoms with E-state index in [1.54, 1.807) is 0 Å². The number of carbonyl (C=O) groups excluding carboxylic acids is 2. The number of urea groups is 1. The van der Waals surface area contributed by atoms with Gasteiger partial charge in [0.1, 0.15) is 0 Å². The van der Waals surface area contributed by atoms with Gasteiger partial charge in [-0.25, -0.2) is 4.79 Å². The first-order valence-corrected chi connectivity index (χ1v) is 18.6. The van der Waals surface area contributed by atoms with Crippen molar-refractivity contribution in [1.29, 1.82) is 0 Å². The SMILES string of the molecule is CCCNC(=O)CCNC(=O)NCCCN[C@H]1CCC2(C)C3CCC4(C)C(CCC4[C@H](C)CCCC(C)C)[C@H]3CC[C@H]2C1. The van der Waals surface area contributed by atoms with Crippen molar-refractivity contribution in [2.75, 3.05) is 26.2 Å². The lowest BCUT2D eigenvalue weighted by molar-refractivity contribution is -0.120. The van der Waals surface area contributed by atoms with Gasteiger partial charge < -0.3 is 21.3 Å². The molecule has 43 heavy (non-hydrogen) atoms. The van der Waals surface area contributed by atoms with Crippen LogP contribution < -0.4 is 21.3 Å². The maximum atomic E-state index is 12.0. The van der Waals surface area contributed by atoms with Crippen molar-refractivity contribution in [2.45, 2.75) is 144 Å². The van der Waals surface area contributed by atoms with Crippen molar-refractivity contribution < 1.29 is 9.59 Å². The molecule has 4 N–H and O–H groups in total. The van der Waals surface area contributed by atoms with Gasteiger partial charge in [0.05, 0.1) is 0 Å². The van der Waals surface area contributed by atoms with E-state index in [0.717, 1.165) is 60.8 Å². The monoisotopic (exact) mass is 601 g/mol. The maximum Gasteiger partial charge on any atom is 0.314 e. The van der Waals surface area contributed by atoms with Crippen LogP contribution >= 0.6 is 0 Å². The Bertz CT molecular complexity index is 894. The fourth-order valence-corrected chi connectivity index (χ4v) is 10.8. The molecule has 0 spiro atoms. The summed E-state index contributed by atoms with van der Waals surface area (Å²) in [5.74, 6) is 6.45. The average molecular weight is 601 g/mol. The summed E-state index contributed by atoms with van der Waals surface area (Å²) in [6.45, 7) is 17.5. The molecule has 0 aromatic rings. The highest BCUT2D eigenvalue weighted by atomic mass is 16.2. The highest BCUT2D eigenvalue weighted by molar-refractivity contribution is 5.78. The minimum Gasteiger partial charge on any atom is -0.356 e. The number of carbonyl (C=O) groups is 2. The second-order valence-electron chi connectivity index (χ2n) is 16.2. The Labute approximate surface area is 264 Å². The van der Waals surface area contributed by atoms with Gasteiger partial charge in [0.25, 0.3) is 0 Å². The molecule has 0 saturated heterocycles. The fraction of sp³-hybridized carbons (Fsp3) is 0.946. The number of rotatable bonds is 15. The zero-order valence-electron chi connectivity index (χ0n) is 28.9. The molecule has 248 valence electrons. The van der Waals surface area contributed by atoms with Gasteiger partial charge in [0.15, 0.2) is 0 Å². The Morgan fingerprint density at radius 3 is 2.28 bits per heavy atom. The van der Waals surface area contributed by atoms with Crippen LogP contribution in [0.5, 0.6) is 0 Å². The minimum atomic E-state index is -0.175. The van der Waals surface area contributed by atoms with Crippen molar-refractivity contribution in [3.8, 4) is 0 Å². The molecule has 0 bridgehead atoms. The molecule has 0 aromatic heterocycles. The molecule has 3 amide bonds. The molecule has 6 heteroatoms. The summed E-state index contributed by atoms with van der Waals surface area (Å²) in [6.07, 6.45) is 19.4. The van der Waals surface area contributed by atoms with Crippen LogP contribution in [0.1, 0.15) is 138 Å². The Hall–Kier alpha value is -1.30. The molecule has 0 aromatic carbocycles. The Morgan fingerprint density at radius 1 is 0.767 bits per heavy atom. The van der Waals surface area contributed by atoms with Gasteiger partial charge in [-0.1, -0.05) is 60.8 Å². The maximum absolute atomic E-state index is 12.0. The summed E-state index contributed by atoms with van der Waals surface area (Å²) in [4.78, 5) is 23.7. The smallest absolute Gasteiger partial charge is 0.314 e. The molecule has 0 heterocycles. The lowest BCUT2D eigenvalue weighted by atomic mass is 9.44. The summed E-state index contributed by atoms with van der Waals surface area (Å²) < 4.78 is 0. The average Bonchev–Trinajstić information content (AvgIpc) is 3.33. The number of nitrogens with one attached hydrogen (secondary N) is 4. The van der Waals surface area contributed by atoms with Gasteiger partial charge in [0, 0.05) is 32.1 Å². The van der Waals surface area contributed by atoms with Crippen LogP contribution in [-0.4, -0.2) is 44.2 Å². The second kappa shape index (κ2) is 15.8. The number of amides is 3. The summed E-state index contributed by atoms with van der Waals surface area (Å²) in [7, 11) is 0. The molecule has 4 aliphatic carbocycles. The van der Waals surface area contributed by atoms with Gasteiger partial charge in [0.2, 0.25) is 5.91 Å². The van der Waals surface area contributed by atoms with Crippen LogP contribution in [0.3, 0.4) is 0 Å². The lowest BCUT2D eigenvalue weighted by Crippen LogP contribution is -2.55. The molecule has 4 aliphatic rings. The van der Waals surface area contributed by atoms with Crippen molar-refractivity contribution in [2.24, 2.45) is 52.3 Å². The Balaban J connectivity index is 1.17. The van der Waals surface area contributed by atoms with Gasteiger partial charge in [-0.3, -0.25) is 4.79 Å². The molecule has 0 aliphatic heterocycles. The molecular formula is C37H68N4O2. The van der Waals surface area contributed by atoms with Crippen molar-refractivity contribution in [3.63, 3.8) is 0 Å². The van der Waals surface area contributed by atoms with Crippen LogP contribution in [0, 0.1) is 52.3 Å². The molecular weight excluding hydrogens is 532 g/mol. The number of hydrogen-bond acceptors (Lipinski definition) is 3. The van der Waals surface area contributed by atoms with E-state index in [4.69, 9.17) is 0 Å². The normalized spacial score (nSPS) is 35.9. The van der Waals surface area contributed by atoms with Crippen LogP contribution in [0.25, 0.3) is 0 Å². The summed E-state index contributed by atoms with van der Waals surface area (Å²) in [5, 5.41) is 12.4. The Morgan fingerprint density at radius 2 is 1.51 bits per heavy atom. The molecule has 4 fully saturated rings.